The third-order valence-corrected chi connectivity index (χ3v) is 3.03. The van der Waals surface area contributed by atoms with Crippen molar-refractivity contribution in [1.82, 2.24) is 9.97 Å². The summed E-state index contributed by atoms with van der Waals surface area (Å²) in [5, 5.41) is 3.38. The zero-order valence-electron chi connectivity index (χ0n) is 11.9. The molecule has 102 valence electrons. The van der Waals surface area contributed by atoms with Gasteiger partial charge in [-0.15, -0.1) is 0 Å². The smallest absolute Gasteiger partial charge is 0.134 e. The average Bonchev–Trinajstić information content (AvgIpc) is 2.35. The van der Waals surface area contributed by atoms with Crippen molar-refractivity contribution in [2.75, 3.05) is 17.6 Å². The van der Waals surface area contributed by atoms with E-state index in [1.165, 1.54) is 25.7 Å². The molecule has 0 aliphatic carbocycles. The van der Waals surface area contributed by atoms with Crippen LogP contribution in [0.2, 0.25) is 0 Å². The molecule has 0 unspecified atom stereocenters. The Morgan fingerprint density at radius 2 is 1.83 bits per heavy atom. The number of hydrogen-bond acceptors (Lipinski definition) is 4. The summed E-state index contributed by atoms with van der Waals surface area (Å²) in [6.07, 6.45) is 6.94. The van der Waals surface area contributed by atoms with Crippen molar-refractivity contribution in [2.45, 2.75) is 59.3 Å². The first-order chi connectivity index (χ1) is 8.69. The standard InChI is InChI=1S/C14H26N4/c1-4-6-7-8-10-16-14-11(3)13(15)17-12(18-14)9-5-2/h4-10H2,1-3H3,(H3,15,16,17,18). The molecule has 18 heavy (non-hydrogen) atoms. The van der Waals surface area contributed by atoms with Gasteiger partial charge in [0.2, 0.25) is 0 Å². The fourth-order valence-electron chi connectivity index (χ4n) is 1.85. The van der Waals surface area contributed by atoms with E-state index in [1.54, 1.807) is 0 Å². The van der Waals surface area contributed by atoms with Crippen LogP contribution in [0.4, 0.5) is 11.6 Å². The molecule has 1 rings (SSSR count). The summed E-state index contributed by atoms with van der Waals surface area (Å²) < 4.78 is 0. The van der Waals surface area contributed by atoms with Crippen LogP contribution in [0.25, 0.3) is 0 Å². The molecule has 0 aliphatic heterocycles. The summed E-state index contributed by atoms with van der Waals surface area (Å²) in [7, 11) is 0. The Bertz CT molecular complexity index is 363. The number of nitrogens with two attached hydrogens (primary N) is 1. The molecule has 1 heterocycles. The minimum atomic E-state index is 0.601. The van der Waals surface area contributed by atoms with Gasteiger partial charge in [-0.05, 0) is 19.8 Å². The average molecular weight is 250 g/mol. The van der Waals surface area contributed by atoms with Gasteiger partial charge in [0.15, 0.2) is 0 Å². The van der Waals surface area contributed by atoms with Gasteiger partial charge in [-0.1, -0.05) is 33.1 Å². The summed E-state index contributed by atoms with van der Waals surface area (Å²) in [6, 6.07) is 0. The van der Waals surface area contributed by atoms with Crippen molar-refractivity contribution in [3.8, 4) is 0 Å². The maximum atomic E-state index is 5.91. The van der Waals surface area contributed by atoms with Gasteiger partial charge in [0, 0.05) is 18.5 Å². The molecule has 0 saturated heterocycles. The lowest BCUT2D eigenvalue weighted by Gasteiger charge is -2.11. The maximum absolute atomic E-state index is 5.91. The van der Waals surface area contributed by atoms with Crippen molar-refractivity contribution >= 4 is 11.6 Å². The minimum absolute atomic E-state index is 0.601. The van der Waals surface area contributed by atoms with Gasteiger partial charge in [0.1, 0.15) is 17.5 Å². The van der Waals surface area contributed by atoms with Crippen LogP contribution in [0.5, 0.6) is 0 Å². The summed E-state index contributed by atoms with van der Waals surface area (Å²) in [5.74, 6) is 2.35. The molecule has 0 aliphatic rings. The highest BCUT2D eigenvalue weighted by molar-refractivity contribution is 5.54. The first kappa shape index (κ1) is 14.7. The molecule has 4 heteroatoms. The second-order valence-corrected chi connectivity index (χ2v) is 4.74. The van der Waals surface area contributed by atoms with E-state index in [9.17, 15) is 0 Å². The van der Waals surface area contributed by atoms with E-state index in [1.807, 2.05) is 6.92 Å². The third kappa shape index (κ3) is 4.51. The molecule has 0 aromatic carbocycles. The first-order valence-corrected chi connectivity index (χ1v) is 7.05. The van der Waals surface area contributed by atoms with Crippen LogP contribution in [0.3, 0.4) is 0 Å². The quantitative estimate of drug-likeness (QED) is 0.695. The van der Waals surface area contributed by atoms with Crippen LogP contribution in [0, 0.1) is 6.92 Å². The molecule has 0 spiro atoms. The second-order valence-electron chi connectivity index (χ2n) is 4.74. The molecule has 3 N–H and O–H groups in total. The van der Waals surface area contributed by atoms with Gasteiger partial charge < -0.3 is 11.1 Å². The van der Waals surface area contributed by atoms with Crippen molar-refractivity contribution in [1.29, 1.82) is 0 Å². The number of hydrogen-bond donors (Lipinski definition) is 2. The van der Waals surface area contributed by atoms with Gasteiger partial charge in [-0.2, -0.15) is 0 Å². The second kappa shape index (κ2) is 7.90. The van der Waals surface area contributed by atoms with E-state index in [0.29, 0.717) is 5.82 Å². The van der Waals surface area contributed by atoms with Crippen molar-refractivity contribution in [3.63, 3.8) is 0 Å². The van der Waals surface area contributed by atoms with Crippen molar-refractivity contribution < 1.29 is 0 Å². The van der Waals surface area contributed by atoms with Gasteiger partial charge >= 0.3 is 0 Å². The van der Waals surface area contributed by atoms with E-state index < -0.39 is 0 Å². The number of aryl methyl sites for hydroxylation is 1. The van der Waals surface area contributed by atoms with E-state index in [0.717, 1.165) is 36.6 Å². The Morgan fingerprint density at radius 3 is 2.50 bits per heavy atom. The van der Waals surface area contributed by atoms with E-state index >= 15 is 0 Å². The normalized spacial score (nSPS) is 10.6. The SMILES string of the molecule is CCCCCCNc1nc(CCC)nc(N)c1C. The largest absolute Gasteiger partial charge is 0.383 e. The van der Waals surface area contributed by atoms with Crippen molar-refractivity contribution in [3.05, 3.63) is 11.4 Å². The topological polar surface area (TPSA) is 63.8 Å². The molecule has 0 amide bonds. The third-order valence-electron chi connectivity index (χ3n) is 3.03. The molecule has 0 saturated carbocycles. The fraction of sp³-hybridized carbons (Fsp3) is 0.714. The first-order valence-electron chi connectivity index (χ1n) is 7.05. The molecule has 0 bridgehead atoms. The van der Waals surface area contributed by atoms with E-state index in [2.05, 4.69) is 29.1 Å². The number of nitrogens with zero attached hydrogens (tertiary/aromatic N) is 2. The summed E-state index contributed by atoms with van der Waals surface area (Å²) in [5.41, 5.74) is 6.88. The maximum Gasteiger partial charge on any atom is 0.134 e. The van der Waals surface area contributed by atoms with Crippen LogP contribution in [-0.2, 0) is 6.42 Å². The number of unbranched alkanes of at least 4 members (excludes halogenated alkanes) is 3. The Hall–Kier alpha value is -1.32. The molecule has 4 nitrogen and oxygen atoms in total. The van der Waals surface area contributed by atoms with E-state index in [-0.39, 0.29) is 0 Å². The number of rotatable bonds is 8. The number of nitrogen functional groups attached to an aromatic ring is 1. The molecule has 0 radical (unpaired) electrons. The molecule has 0 fully saturated rings. The van der Waals surface area contributed by atoms with Crippen LogP contribution < -0.4 is 11.1 Å². The minimum Gasteiger partial charge on any atom is -0.383 e. The lowest BCUT2D eigenvalue weighted by molar-refractivity contribution is 0.683. The Morgan fingerprint density at radius 1 is 1.06 bits per heavy atom. The highest BCUT2D eigenvalue weighted by atomic mass is 15.1. The van der Waals surface area contributed by atoms with Gasteiger partial charge in [-0.25, -0.2) is 9.97 Å². The van der Waals surface area contributed by atoms with Crippen LogP contribution in [-0.4, -0.2) is 16.5 Å². The van der Waals surface area contributed by atoms with Gasteiger partial charge in [0.25, 0.3) is 0 Å². The summed E-state index contributed by atoms with van der Waals surface area (Å²) in [4.78, 5) is 8.85. The zero-order chi connectivity index (χ0) is 13.4. The molecule has 0 atom stereocenters. The lowest BCUT2D eigenvalue weighted by Crippen LogP contribution is -2.10. The lowest BCUT2D eigenvalue weighted by atomic mass is 10.2. The monoisotopic (exact) mass is 250 g/mol. The number of nitrogens with one attached hydrogen (secondary N) is 1. The van der Waals surface area contributed by atoms with E-state index in [4.69, 9.17) is 5.73 Å². The molecular formula is C14H26N4. The van der Waals surface area contributed by atoms with Crippen LogP contribution in [0.15, 0.2) is 0 Å². The number of anilines is 2. The Kier molecular flexibility index (Phi) is 6.47. The summed E-state index contributed by atoms with van der Waals surface area (Å²) in [6.45, 7) is 7.28. The predicted octanol–water partition coefficient (Wildman–Crippen LogP) is 3.31. The molecule has 1 aromatic heterocycles. The Labute approximate surface area is 110 Å². The molecule has 1 aromatic rings. The Balaban J connectivity index is 2.57. The highest BCUT2D eigenvalue weighted by Gasteiger charge is 2.07. The van der Waals surface area contributed by atoms with Gasteiger partial charge in [0.05, 0.1) is 0 Å². The highest BCUT2D eigenvalue weighted by Crippen LogP contribution is 2.18. The fourth-order valence-corrected chi connectivity index (χ4v) is 1.85. The van der Waals surface area contributed by atoms with Crippen LogP contribution in [0.1, 0.15) is 57.3 Å². The summed E-state index contributed by atoms with van der Waals surface area (Å²) >= 11 is 0. The van der Waals surface area contributed by atoms with Gasteiger partial charge in [-0.3, -0.25) is 0 Å². The van der Waals surface area contributed by atoms with Crippen molar-refractivity contribution in [2.24, 2.45) is 0 Å². The predicted molar refractivity (Wildman–Crippen MR) is 77.8 cm³/mol. The zero-order valence-corrected chi connectivity index (χ0v) is 11.9. The van der Waals surface area contributed by atoms with Crippen LogP contribution >= 0.6 is 0 Å². The molecular weight excluding hydrogens is 224 g/mol. The number of aromatic nitrogens is 2.